The van der Waals surface area contributed by atoms with Crippen molar-refractivity contribution in [3.63, 3.8) is 0 Å². The standard InChI is InChI=1S/C18H21N3O2/c1-21(2)11-12-23-17-13(7-6-10-16(17)22-3)18-19-14-8-4-5-9-15(14)20-18/h4-10H,11-12H2,1-3H3,(H,19,20). The highest BCUT2D eigenvalue weighted by molar-refractivity contribution is 5.81. The summed E-state index contributed by atoms with van der Waals surface area (Å²) in [5.74, 6) is 2.21. The number of H-pyrrole nitrogens is 1. The summed E-state index contributed by atoms with van der Waals surface area (Å²) in [6, 6.07) is 13.8. The molecule has 1 aromatic heterocycles. The van der Waals surface area contributed by atoms with Crippen LogP contribution in [0.5, 0.6) is 11.5 Å². The van der Waals surface area contributed by atoms with Crippen LogP contribution in [0, 0.1) is 0 Å². The number of rotatable bonds is 6. The van der Waals surface area contributed by atoms with Gasteiger partial charge in [0.15, 0.2) is 11.5 Å². The molecule has 0 saturated carbocycles. The van der Waals surface area contributed by atoms with Gasteiger partial charge in [0, 0.05) is 6.54 Å². The van der Waals surface area contributed by atoms with Crippen LogP contribution in [0.2, 0.25) is 0 Å². The van der Waals surface area contributed by atoms with Crippen LogP contribution in [-0.2, 0) is 0 Å². The van der Waals surface area contributed by atoms with Crippen molar-refractivity contribution in [1.82, 2.24) is 14.9 Å². The molecule has 23 heavy (non-hydrogen) atoms. The monoisotopic (exact) mass is 311 g/mol. The zero-order chi connectivity index (χ0) is 16.2. The summed E-state index contributed by atoms with van der Waals surface area (Å²) < 4.78 is 11.5. The SMILES string of the molecule is COc1cccc(-c2nc3ccccc3[nH]2)c1OCCN(C)C. The minimum Gasteiger partial charge on any atom is -0.493 e. The van der Waals surface area contributed by atoms with Gasteiger partial charge in [-0.1, -0.05) is 18.2 Å². The first-order chi connectivity index (χ1) is 11.2. The Hall–Kier alpha value is -2.53. The Morgan fingerprint density at radius 1 is 1.09 bits per heavy atom. The lowest BCUT2D eigenvalue weighted by molar-refractivity contribution is 0.251. The number of fused-ring (bicyclic) bond motifs is 1. The van der Waals surface area contributed by atoms with E-state index >= 15 is 0 Å². The predicted molar refractivity (Wildman–Crippen MR) is 92.1 cm³/mol. The van der Waals surface area contributed by atoms with Gasteiger partial charge in [-0.3, -0.25) is 0 Å². The number of aromatic nitrogens is 2. The van der Waals surface area contributed by atoms with Crippen molar-refractivity contribution < 1.29 is 9.47 Å². The van der Waals surface area contributed by atoms with E-state index in [1.54, 1.807) is 7.11 Å². The maximum absolute atomic E-state index is 5.99. The van der Waals surface area contributed by atoms with E-state index in [0.717, 1.165) is 34.7 Å². The van der Waals surface area contributed by atoms with Crippen LogP contribution in [0.1, 0.15) is 0 Å². The summed E-state index contributed by atoms with van der Waals surface area (Å²) in [5.41, 5.74) is 2.84. The average molecular weight is 311 g/mol. The second-order valence-electron chi connectivity index (χ2n) is 5.59. The summed E-state index contributed by atoms with van der Waals surface area (Å²) in [7, 11) is 5.69. The minimum atomic E-state index is 0.584. The van der Waals surface area contributed by atoms with Crippen molar-refractivity contribution in [1.29, 1.82) is 0 Å². The van der Waals surface area contributed by atoms with Gasteiger partial charge < -0.3 is 19.4 Å². The molecule has 0 aliphatic carbocycles. The largest absolute Gasteiger partial charge is 0.493 e. The molecule has 0 atom stereocenters. The van der Waals surface area contributed by atoms with Gasteiger partial charge in [-0.25, -0.2) is 4.98 Å². The van der Waals surface area contributed by atoms with Gasteiger partial charge in [-0.15, -0.1) is 0 Å². The molecule has 0 saturated heterocycles. The fourth-order valence-corrected chi connectivity index (χ4v) is 2.42. The molecule has 0 aliphatic heterocycles. The number of hydrogen-bond donors (Lipinski definition) is 1. The van der Waals surface area contributed by atoms with Crippen LogP contribution < -0.4 is 9.47 Å². The fraction of sp³-hybridized carbons (Fsp3) is 0.278. The number of ether oxygens (including phenoxy) is 2. The number of nitrogens with zero attached hydrogens (tertiary/aromatic N) is 2. The van der Waals surface area contributed by atoms with E-state index in [9.17, 15) is 0 Å². The van der Waals surface area contributed by atoms with Crippen molar-refractivity contribution >= 4 is 11.0 Å². The molecule has 0 unspecified atom stereocenters. The molecule has 5 nitrogen and oxygen atoms in total. The molecule has 0 spiro atoms. The van der Waals surface area contributed by atoms with Crippen LogP contribution in [-0.4, -0.2) is 49.2 Å². The third-order valence-corrected chi connectivity index (χ3v) is 3.63. The normalized spacial score (nSPS) is 11.1. The molecule has 0 radical (unpaired) electrons. The Morgan fingerprint density at radius 2 is 1.91 bits per heavy atom. The highest BCUT2D eigenvalue weighted by atomic mass is 16.5. The second kappa shape index (κ2) is 6.71. The average Bonchev–Trinajstić information content (AvgIpc) is 2.98. The van der Waals surface area contributed by atoms with E-state index in [0.29, 0.717) is 12.4 Å². The molecular formula is C18H21N3O2. The molecule has 3 rings (SSSR count). The summed E-state index contributed by atoms with van der Waals surface area (Å²) in [6.07, 6.45) is 0. The predicted octanol–water partition coefficient (Wildman–Crippen LogP) is 3.18. The summed E-state index contributed by atoms with van der Waals surface area (Å²) >= 11 is 0. The molecule has 1 heterocycles. The number of imidazole rings is 1. The summed E-state index contributed by atoms with van der Waals surface area (Å²) in [6.45, 7) is 1.41. The highest BCUT2D eigenvalue weighted by Crippen LogP contribution is 2.37. The van der Waals surface area contributed by atoms with Gasteiger partial charge in [0.2, 0.25) is 0 Å². The number of hydrogen-bond acceptors (Lipinski definition) is 4. The Balaban J connectivity index is 2.00. The van der Waals surface area contributed by atoms with E-state index in [2.05, 4.69) is 14.9 Å². The summed E-state index contributed by atoms with van der Waals surface area (Å²) in [4.78, 5) is 10.1. The van der Waals surface area contributed by atoms with Gasteiger partial charge in [0.25, 0.3) is 0 Å². The number of methoxy groups -OCH3 is 1. The number of aromatic amines is 1. The van der Waals surface area contributed by atoms with Gasteiger partial charge >= 0.3 is 0 Å². The van der Waals surface area contributed by atoms with Crippen LogP contribution in [0.3, 0.4) is 0 Å². The Kier molecular flexibility index (Phi) is 4.48. The van der Waals surface area contributed by atoms with Gasteiger partial charge in [0.1, 0.15) is 12.4 Å². The van der Waals surface area contributed by atoms with E-state index < -0.39 is 0 Å². The zero-order valence-corrected chi connectivity index (χ0v) is 13.7. The maximum Gasteiger partial charge on any atom is 0.172 e. The number of nitrogens with one attached hydrogen (secondary N) is 1. The molecule has 0 bridgehead atoms. The maximum atomic E-state index is 5.99. The molecule has 5 heteroatoms. The fourth-order valence-electron chi connectivity index (χ4n) is 2.42. The third-order valence-electron chi connectivity index (χ3n) is 3.63. The third kappa shape index (κ3) is 3.29. The van der Waals surface area contributed by atoms with Crippen molar-refractivity contribution in [2.45, 2.75) is 0 Å². The topological polar surface area (TPSA) is 50.4 Å². The molecule has 0 amide bonds. The van der Waals surface area contributed by atoms with E-state index in [-0.39, 0.29) is 0 Å². The number of likely N-dealkylation sites (N-methyl/N-ethyl adjacent to an activating group) is 1. The van der Waals surface area contributed by atoms with Gasteiger partial charge in [0.05, 0.1) is 23.7 Å². The van der Waals surface area contributed by atoms with E-state index in [4.69, 9.17) is 9.47 Å². The molecule has 1 N–H and O–H groups in total. The molecule has 0 aliphatic rings. The van der Waals surface area contributed by atoms with Crippen LogP contribution in [0.15, 0.2) is 42.5 Å². The van der Waals surface area contributed by atoms with Crippen molar-refractivity contribution in [2.24, 2.45) is 0 Å². The molecular weight excluding hydrogens is 290 g/mol. The number of para-hydroxylation sites is 3. The lowest BCUT2D eigenvalue weighted by atomic mass is 10.1. The van der Waals surface area contributed by atoms with Crippen molar-refractivity contribution in [3.05, 3.63) is 42.5 Å². The lowest BCUT2D eigenvalue weighted by Gasteiger charge is -2.15. The zero-order valence-electron chi connectivity index (χ0n) is 13.7. The molecule has 120 valence electrons. The molecule has 0 fully saturated rings. The van der Waals surface area contributed by atoms with Gasteiger partial charge in [-0.05, 0) is 38.4 Å². The Morgan fingerprint density at radius 3 is 2.65 bits per heavy atom. The smallest absolute Gasteiger partial charge is 0.172 e. The quantitative estimate of drug-likeness (QED) is 0.759. The second-order valence-corrected chi connectivity index (χ2v) is 5.59. The van der Waals surface area contributed by atoms with Gasteiger partial charge in [-0.2, -0.15) is 0 Å². The van der Waals surface area contributed by atoms with Crippen LogP contribution >= 0.6 is 0 Å². The Labute approximate surface area is 135 Å². The molecule has 3 aromatic rings. The van der Waals surface area contributed by atoms with E-state index in [1.807, 2.05) is 56.6 Å². The minimum absolute atomic E-state index is 0.584. The van der Waals surface area contributed by atoms with Crippen molar-refractivity contribution in [2.75, 3.05) is 34.4 Å². The lowest BCUT2D eigenvalue weighted by Crippen LogP contribution is -2.19. The Bertz CT molecular complexity index is 763. The van der Waals surface area contributed by atoms with Crippen molar-refractivity contribution in [3.8, 4) is 22.9 Å². The first-order valence-corrected chi connectivity index (χ1v) is 7.58. The first kappa shape index (κ1) is 15.4. The first-order valence-electron chi connectivity index (χ1n) is 7.58. The van der Waals surface area contributed by atoms with E-state index in [1.165, 1.54) is 0 Å². The molecule has 2 aromatic carbocycles. The van der Waals surface area contributed by atoms with Crippen LogP contribution in [0.4, 0.5) is 0 Å². The highest BCUT2D eigenvalue weighted by Gasteiger charge is 2.15. The summed E-state index contributed by atoms with van der Waals surface area (Å²) in [5, 5.41) is 0. The van der Waals surface area contributed by atoms with Crippen LogP contribution in [0.25, 0.3) is 22.4 Å². The number of benzene rings is 2.